The average Bonchev–Trinajstić information content (AvgIpc) is 2.30. The summed E-state index contributed by atoms with van der Waals surface area (Å²) in [5, 5.41) is 10.2. The Morgan fingerprint density at radius 3 is 2.33 bits per heavy atom. The first-order chi connectivity index (χ1) is 7.20. The highest BCUT2D eigenvalue weighted by Gasteiger charge is 2.31. The molecule has 1 N–H and O–H groups in total. The number of carbonyl (C=O) groups excluding carboxylic acids is 1. The summed E-state index contributed by atoms with van der Waals surface area (Å²) in [6, 6.07) is 0. The van der Waals surface area contributed by atoms with Crippen molar-refractivity contribution in [2.45, 2.75) is 64.9 Å². The van der Waals surface area contributed by atoms with Gasteiger partial charge in [-0.2, -0.15) is 0 Å². The van der Waals surface area contributed by atoms with Gasteiger partial charge in [0.1, 0.15) is 5.78 Å². The molecular weight excluding hydrogens is 188 g/mol. The van der Waals surface area contributed by atoms with Crippen molar-refractivity contribution in [2.75, 3.05) is 0 Å². The van der Waals surface area contributed by atoms with Gasteiger partial charge < -0.3 is 5.11 Å². The standard InChI is InChI=1S/C13H24O2/c1-3-11(12(14)4-2)13(15)10-8-6-5-7-9-10/h10-11,13,15H,3-9H2,1-2H3. The molecule has 0 bridgehead atoms. The summed E-state index contributed by atoms with van der Waals surface area (Å²) in [7, 11) is 0. The molecule has 0 saturated heterocycles. The van der Waals surface area contributed by atoms with Crippen LogP contribution in [0.25, 0.3) is 0 Å². The van der Waals surface area contributed by atoms with Crippen LogP contribution in [0.3, 0.4) is 0 Å². The van der Waals surface area contributed by atoms with Gasteiger partial charge >= 0.3 is 0 Å². The molecule has 0 aromatic heterocycles. The zero-order chi connectivity index (χ0) is 11.3. The van der Waals surface area contributed by atoms with Gasteiger partial charge in [-0.3, -0.25) is 4.79 Å². The second kappa shape index (κ2) is 6.26. The smallest absolute Gasteiger partial charge is 0.138 e. The van der Waals surface area contributed by atoms with Gasteiger partial charge in [-0.05, 0) is 25.2 Å². The highest BCUT2D eigenvalue weighted by atomic mass is 16.3. The van der Waals surface area contributed by atoms with E-state index in [0.29, 0.717) is 12.3 Å². The van der Waals surface area contributed by atoms with E-state index in [1.807, 2.05) is 13.8 Å². The molecule has 88 valence electrons. The summed E-state index contributed by atoms with van der Waals surface area (Å²) in [5.74, 6) is 0.493. The molecule has 2 nitrogen and oxygen atoms in total. The Morgan fingerprint density at radius 2 is 1.87 bits per heavy atom. The first-order valence-corrected chi connectivity index (χ1v) is 6.41. The number of carbonyl (C=O) groups is 1. The van der Waals surface area contributed by atoms with E-state index in [0.717, 1.165) is 19.3 Å². The molecule has 1 rings (SSSR count). The van der Waals surface area contributed by atoms with E-state index in [2.05, 4.69) is 0 Å². The number of aliphatic hydroxyl groups excluding tert-OH is 1. The van der Waals surface area contributed by atoms with Crippen LogP contribution in [-0.4, -0.2) is 17.0 Å². The minimum atomic E-state index is -0.386. The molecule has 0 amide bonds. The average molecular weight is 212 g/mol. The van der Waals surface area contributed by atoms with Crippen molar-refractivity contribution >= 4 is 5.78 Å². The molecule has 2 atom stereocenters. The lowest BCUT2D eigenvalue weighted by Gasteiger charge is -2.31. The van der Waals surface area contributed by atoms with Gasteiger partial charge in [0.2, 0.25) is 0 Å². The summed E-state index contributed by atoms with van der Waals surface area (Å²) < 4.78 is 0. The van der Waals surface area contributed by atoms with Crippen molar-refractivity contribution in [2.24, 2.45) is 11.8 Å². The van der Waals surface area contributed by atoms with Gasteiger partial charge in [-0.25, -0.2) is 0 Å². The molecule has 15 heavy (non-hydrogen) atoms. The van der Waals surface area contributed by atoms with Crippen molar-refractivity contribution in [1.82, 2.24) is 0 Å². The van der Waals surface area contributed by atoms with E-state index in [1.165, 1.54) is 19.3 Å². The number of hydrogen-bond acceptors (Lipinski definition) is 2. The van der Waals surface area contributed by atoms with Crippen LogP contribution in [0.4, 0.5) is 0 Å². The number of aliphatic hydroxyl groups is 1. The Labute approximate surface area is 93.1 Å². The molecule has 0 aromatic rings. The van der Waals surface area contributed by atoms with E-state index >= 15 is 0 Å². The zero-order valence-electron chi connectivity index (χ0n) is 10.0. The van der Waals surface area contributed by atoms with Crippen molar-refractivity contribution < 1.29 is 9.90 Å². The third kappa shape index (κ3) is 3.30. The van der Waals surface area contributed by atoms with Crippen LogP contribution >= 0.6 is 0 Å². The molecule has 2 heteroatoms. The summed E-state index contributed by atoms with van der Waals surface area (Å²) in [5.41, 5.74) is 0. The van der Waals surface area contributed by atoms with Gasteiger partial charge in [0, 0.05) is 12.3 Å². The normalized spacial score (nSPS) is 22.3. The van der Waals surface area contributed by atoms with E-state index in [9.17, 15) is 9.90 Å². The van der Waals surface area contributed by atoms with Gasteiger partial charge in [0.15, 0.2) is 0 Å². The van der Waals surface area contributed by atoms with Crippen LogP contribution in [0.1, 0.15) is 58.8 Å². The van der Waals surface area contributed by atoms with E-state index in [4.69, 9.17) is 0 Å². The van der Waals surface area contributed by atoms with Crippen molar-refractivity contribution in [1.29, 1.82) is 0 Å². The van der Waals surface area contributed by atoms with Gasteiger partial charge in [0.25, 0.3) is 0 Å². The van der Waals surface area contributed by atoms with E-state index < -0.39 is 0 Å². The van der Waals surface area contributed by atoms with Crippen LogP contribution in [0.5, 0.6) is 0 Å². The van der Waals surface area contributed by atoms with Crippen LogP contribution in [0.2, 0.25) is 0 Å². The molecular formula is C13H24O2. The fraction of sp³-hybridized carbons (Fsp3) is 0.923. The number of hydrogen-bond donors (Lipinski definition) is 1. The predicted octanol–water partition coefficient (Wildman–Crippen LogP) is 2.93. The summed E-state index contributed by atoms with van der Waals surface area (Å²) in [4.78, 5) is 11.7. The highest BCUT2D eigenvalue weighted by Crippen LogP contribution is 2.31. The number of ketones is 1. The molecule has 1 fully saturated rings. The topological polar surface area (TPSA) is 37.3 Å². The maximum Gasteiger partial charge on any atom is 0.138 e. The van der Waals surface area contributed by atoms with Crippen molar-refractivity contribution in [3.05, 3.63) is 0 Å². The molecule has 0 heterocycles. The minimum absolute atomic E-state index is 0.113. The Bertz CT molecular complexity index is 195. The lowest BCUT2D eigenvalue weighted by atomic mass is 9.78. The first kappa shape index (κ1) is 12.7. The summed E-state index contributed by atoms with van der Waals surface area (Å²) >= 11 is 0. The van der Waals surface area contributed by atoms with E-state index in [-0.39, 0.29) is 17.8 Å². The van der Waals surface area contributed by atoms with Gasteiger partial charge in [-0.15, -0.1) is 0 Å². The molecule has 0 aromatic carbocycles. The first-order valence-electron chi connectivity index (χ1n) is 6.41. The second-order valence-electron chi connectivity index (χ2n) is 4.72. The SMILES string of the molecule is CCC(=O)C(CC)C(O)C1CCCCC1. The molecule has 1 saturated carbocycles. The van der Waals surface area contributed by atoms with Crippen LogP contribution in [-0.2, 0) is 4.79 Å². The summed E-state index contributed by atoms with van der Waals surface area (Å²) in [6.07, 6.45) is 6.90. The van der Waals surface area contributed by atoms with Crippen molar-refractivity contribution in [3.8, 4) is 0 Å². The molecule has 1 aliphatic carbocycles. The minimum Gasteiger partial charge on any atom is -0.392 e. The predicted molar refractivity (Wildman–Crippen MR) is 61.7 cm³/mol. The molecule has 2 unspecified atom stereocenters. The van der Waals surface area contributed by atoms with Gasteiger partial charge in [-0.1, -0.05) is 33.1 Å². The fourth-order valence-electron chi connectivity index (χ4n) is 2.73. The van der Waals surface area contributed by atoms with Gasteiger partial charge in [0.05, 0.1) is 6.10 Å². The number of rotatable bonds is 5. The summed E-state index contributed by atoms with van der Waals surface area (Å²) in [6.45, 7) is 3.89. The van der Waals surface area contributed by atoms with Crippen molar-refractivity contribution in [3.63, 3.8) is 0 Å². The van der Waals surface area contributed by atoms with Crippen LogP contribution in [0.15, 0.2) is 0 Å². The highest BCUT2D eigenvalue weighted by molar-refractivity contribution is 5.81. The largest absolute Gasteiger partial charge is 0.392 e. The molecule has 1 aliphatic rings. The second-order valence-corrected chi connectivity index (χ2v) is 4.72. The van der Waals surface area contributed by atoms with Crippen LogP contribution < -0.4 is 0 Å². The molecule has 0 spiro atoms. The van der Waals surface area contributed by atoms with E-state index in [1.54, 1.807) is 0 Å². The number of Topliss-reactive ketones (excluding diaryl/α,β-unsaturated/α-hetero) is 1. The lowest BCUT2D eigenvalue weighted by molar-refractivity contribution is -0.128. The third-order valence-corrected chi connectivity index (χ3v) is 3.75. The quantitative estimate of drug-likeness (QED) is 0.760. The maximum atomic E-state index is 11.7. The van der Waals surface area contributed by atoms with Crippen LogP contribution in [0, 0.1) is 11.8 Å². The Morgan fingerprint density at radius 1 is 1.27 bits per heavy atom. The fourth-order valence-corrected chi connectivity index (χ4v) is 2.73. The molecule has 0 radical (unpaired) electrons. The lowest BCUT2D eigenvalue weighted by Crippen LogP contribution is -2.35. The zero-order valence-corrected chi connectivity index (χ0v) is 10.0. The Hall–Kier alpha value is -0.370. The monoisotopic (exact) mass is 212 g/mol. The Kier molecular flexibility index (Phi) is 5.30. The maximum absolute atomic E-state index is 11.7. The molecule has 0 aliphatic heterocycles. The third-order valence-electron chi connectivity index (χ3n) is 3.75. The Balaban J connectivity index is 2.54.